The van der Waals surface area contributed by atoms with Crippen LogP contribution in [-0.2, 0) is 0 Å². The molecule has 2 heteroatoms. The maximum absolute atomic E-state index is 12.7. The van der Waals surface area contributed by atoms with Crippen molar-refractivity contribution in [2.24, 2.45) is 0 Å². The summed E-state index contributed by atoms with van der Waals surface area (Å²) in [6.45, 7) is 4.10. The van der Waals surface area contributed by atoms with Crippen molar-refractivity contribution in [2.75, 3.05) is 5.32 Å². The summed E-state index contributed by atoms with van der Waals surface area (Å²) < 4.78 is 12.7. The Bertz CT molecular complexity index is 489. The van der Waals surface area contributed by atoms with Gasteiger partial charge in [0, 0.05) is 11.4 Å². The van der Waals surface area contributed by atoms with E-state index in [1.54, 1.807) is 12.1 Å². The minimum atomic E-state index is -0.216. The topological polar surface area (TPSA) is 12.0 Å². The fourth-order valence-electron chi connectivity index (χ4n) is 1.56. The Labute approximate surface area is 94.9 Å². The van der Waals surface area contributed by atoms with Gasteiger partial charge in [-0.1, -0.05) is 12.1 Å². The lowest BCUT2D eigenvalue weighted by molar-refractivity contribution is 0.628. The number of rotatable bonds is 2. The van der Waals surface area contributed by atoms with Crippen molar-refractivity contribution in [3.05, 3.63) is 59.4 Å². The molecule has 0 atom stereocenters. The molecule has 0 fully saturated rings. The van der Waals surface area contributed by atoms with Crippen LogP contribution < -0.4 is 5.32 Å². The zero-order valence-corrected chi connectivity index (χ0v) is 9.42. The Morgan fingerprint density at radius 2 is 1.62 bits per heavy atom. The van der Waals surface area contributed by atoms with E-state index in [1.165, 1.54) is 23.3 Å². The summed E-state index contributed by atoms with van der Waals surface area (Å²) in [7, 11) is 0. The second-order valence-electron chi connectivity index (χ2n) is 3.95. The van der Waals surface area contributed by atoms with Crippen LogP contribution in [0.1, 0.15) is 11.1 Å². The van der Waals surface area contributed by atoms with Crippen molar-refractivity contribution in [3.63, 3.8) is 0 Å². The Balaban J connectivity index is 2.26. The van der Waals surface area contributed by atoms with Gasteiger partial charge in [-0.05, 0) is 55.3 Å². The maximum atomic E-state index is 12.7. The van der Waals surface area contributed by atoms with Gasteiger partial charge in [0.1, 0.15) is 5.82 Å². The second-order valence-corrected chi connectivity index (χ2v) is 3.95. The summed E-state index contributed by atoms with van der Waals surface area (Å²) in [6.07, 6.45) is 0. The van der Waals surface area contributed by atoms with Crippen LogP contribution in [0.3, 0.4) is 0 Å². The van der Waals surface area contributed by atoms with E-state index in [1.807, 2.05) is 6.92 Å². The van der Waals surface area contributed by atoms with Gasteiger partial charge in [-0.25, -0.2) is 4.39 Å². The molecule has 0 aromatic heterocycles. The molecule has 0 saturated carbocycles. The van der Waals surface area contributed by atoms with E-state index in [0.29, 0.717) is 0 Å². The first-order chi connectivity index (χ1) is 7.65. The zero-order valence-electron chi connectivity index (χ0n) is 9.42. The summed E-state index contributed by atoms with van der Waals surface area (Å²) in [5, 5.41) is 3.27. The smallest absolute Gasteiger partial charge is 0.123 e. The minimum absolute atomic E-state index is 0.216. The summed E-state index contributed by atoms with van der Waals surface area (Å²) in [6, 6.07) is 12.6. The molecular formula is C14H14FN. The van der Waals surface area contributed by atoms with Gasteiger partial charge in [0.2, 0.25) is 0 Å². The van der Waals surface area contributed by atoms with E-state index in [-0.39, 0.29) is 5.82 Å². The number of halogens is 1. The molecule has 0 amide bonds. The quantitative estimate of drug-likeness (QED) is 0.792. The second kappa shape index (κ2) is 4.35. The first-order valence-electron chi connectivity index (χ1n) is 5.25. The number of hydrogen-bond acceptors (Lipinski definition) is 1. The van der Waals surface area contributed by atoms with Crippen LogP contribution in [0.25, 0.3) is 0 Å². The monoisotopic (exact) mass is 215 g/mol. The third kappa shape index (κ3) is 2.40. The molecule has 0 aliphatic rings. The average Bonchev–Trinajstić information content (AvgIpc) is 2.27. The number of anilines is 2. The lowest BCUT2D eigenvalue weighted by Gasteiger charge is -2.10. The first-order valence-corrected chi connectivity index (χ1v) is 5.25. The molecule has 0 unspecified atom stereocenters. The van der Waals surface area contributed by atoms with E-state index in [4.69, 9.17) is 0 Å². The van der Waals surface area contributed by atoms with Crippen LogP contribution in [-0.4, -0.2) is 0 Å². The number of hydrogen-bond donors (Lipinski definition) is 1. The van der Waals surface area contributed by atoms with Crippen molar-refractivity contribution < 1.29 is 4.39 Å². The van der Waals surface area contributed by atoms with Crippen molar-refractivity contribution >= 4 is 11.4 Å². The van der Waals surface area contributed by atoms with Crippen LogP contribution in [0.15, 0.2) is 42.5 Å². The molecule has 82 valence electrons. The zero-order chi connectivity index (χ0) is 11.5. The molecule has 0 bridgehead atoms. The third-order valence-electron chi connectivity index (χ3n) is 2.52. The van der Waals surface area contributed by atoms with Gasteiger partial charge >= 0.3 is 0 Å². The van der Waals surface area contributed by atoms with Crippen LogP contribution in [0, 0.1) is 19.7 Å². The van der Waals surface area contributed by atoms with Gasteiger partial charge in [0.05, 0.1) is 0 Å². The Morgan fingerprint density at radius 1 is 0.938 bits per heavy atom. The number of aryl methyl sites for hydroxylation is 2. The van der Waals surface area contributed by atoms with Gasteiger partial charge in [-0.15, -0.1) is 0 Å². The summed E-state index contributed by atoms with van der Waals surface area (Å²) in [5.41, 5.74) is 4.34. The van der Waals surface area contributed by atoms with Crippen molar-refractivity contribution in [3.8, 4) is 0 Å². The highest BCUT2D eigenvalue weighted by Crippen LogP contribution is 2.21. The van der Waals surface area contributed by atoms with E-state index >= 15 is 0 Å². The van der Waals surface area contributed by atoms with Crippen molar-refractivity contribution in [1.82, 2.24) is 0 Å². The van der Waals surface area contributed by atoms with Gasteiger partial charge in [0.15, 0.2) is 0 Å². The van der Waals surface area contributed by atoms with Gasteiger partial charge in [-0.2, -0.15) is 0 Å². The standard InChI is InChI=1S/C14H14FN/c1-10-3-4-11(2)14(9-10)16-13-7-5-12(15)6-8-13/h3-9,16H,1-2H3. The maximum Gasteiger partial charge on any atom is 0.123 e. The van der Waals surface area contributed by atoms with Crippen LogP contribution >= 0.6 is 0 Å². The van der Waals surface area contributed by atoms with E-state index in [2.05, 4.69) is 30.4 Å². The SMILES string of the molecule is Cc1ccc(C)c(Nc2ccc(F)cc2)c1. The van der Waals surface area contributed by atoms with Gasteiger partial charge < -0.3 is 5.32 Å². The normalized spacial score (nSPS) is 10.2. The molecule has 2 aromatic rings. The molecule has 0 spiro atoms. The highest BCUT2D eigenvalue weighted by Gasteiger charge is 1.99. The lowest BCUT2D eigenvalue weighted by Crippen LogP contribution is -1.93. The molecule has 0 aliphatic carbocycles. The molecule has 2 rings (SSSR count). The first kappa shape index (κ1) is 10.7. The molecule has 2 aromatic carbocycles. The van der Waals surface area contributed by atoms with Gasteiger partial charge in [0.25, 0.3) is 0 Å². The number of benzene rings is 2. The largest absolute Gasteiger partial charge is 0.355 e. The summed E-state index contributed by atoms with van der Waals surface area (Å²) in [5.74, 6) is -0.216. The Hall–Kier alpha value is -1.83. The molecular weight excluding hydrogens is 201 g/mol. The molecule has 1 nitrogen and oxygen atoms in total. The number of nitrogens with one attached hydrogen (secondary N) is 1. The van der Waals surface area contributed by atoms with Gasteiger partial charge in [-0.3, -0.25) is 0 Å². The van der Waals surface area contributed by atoms with Crippen molar-refractivity contribution in [2.45, 2.75) is 13.8 Å². The minimum Gasteiger partial charge on any atom is -0.355 e. The molecule has 0 radical (unpaired) electrons. The molecule has 0 aliphatic heterocycles. The Kier molecular flexibility index (Phi) is 2.91. The predicted molar refractivity (Wildman–Crippen MR) is 65.6 cm³/mol. The van der Waals surface area contributed by atoms with Crippen LogP contribution in [0.2, 0.25) is 0 Å². The van der Waals surface area contributed by atoms with Crippen molar-refractivity contribution in [1.29, 1.82) is 0 Å². The summed E-state index contributed by atoms with van der Waals surface area (Å²) in [4.78, 5) is 0. The van der Waals surface area contributed by atoms with Crippen LogP contribution in [0.5, 0.6) is 0 Å². The average molecular weight is 215 g/mol. The summed E-state index contributed by atoms with van der Waals surface area (Å²) >= 11 is 0. The molecule has 16 heavy (non-hydrogen) atoms. The van der Waals surface area contributed by atoms with E-state index in [0.717, 1.165) is 11.4 Å². The molecule has 1 N–H and O–H groups in total. The lowest BCUT2D eigenvalue weighted by atomic mass is 10.1. The van der Waals surface area contributed by atoms with Crippen LogP contribution in [0.4, 0.5) is 15.8 Å². The van der Waals surface area contributed by atoms with E-state index in [9.17, 15) is 4.39 Å². The third-order valence-corrected chi connectivity index (χ3v) is 2.52. The molecule has 0 heterocycles. The Morgan fingerprint density at radius 3 is 2.31 bits per heavy atom. The predicted octanol–water partition coefficient (Wildman–Crippen LogP) is 4.19. The highest BCUT2D eigenvalue weighted by molar-refractivity contribution is 5.63. The fraction of sp³-hybridized carbons (Fsp3) is 0.143. The van der Waals surface area contributed by atoms with E-state index < -0.39 is 0 Å². The molecule has 0 saturated heterocycles. The fourth-order valence-corrected chi connectivity index (χ4v) is 1.56. The highest BCUT2D eigenvalue weighted by atomic mass is 19.1.